The molecular weight excluding hydrogens is 353 g/mol. The maximum Gasteiger partial charge on any atom is 0.238 e. The van der Waals surface area contributed by atoms with Crippen molar-refractivity contribution in [2.45, 2.75) is 13.5 Å². The lowest BCUT2D eigenvalue weighted by molar-refractivity contribution is -0.117. The number of anilines is 1. The van der Waals surface area contributed by atoms with Gasteiger partial charge in [0.25, 0.3) is 0 Å². The summed E-state index contributed by atoms with van der Waals surface area (Å²) < 4.78 is 13.2. The predicted molar refractivity (Wildman–Crippen MR) is 103 cm³/mol. The minimum atomic E-state index is -0.389. The van der Waals surface area contributed by atoms with Crippen molar-refractivity contribution in [3.63, 3.8) is 0 Å². The predicted octanol–water partition coefficient (Wildman–Crippen LogP) is 3.54. The lowest BCUT2D eigenvalue weighted by Gasteiger charge is -2.34. The third kappa shape index (κ3) is 5.27. The van der Waals surface area contributed by atoms with Crippen LogP contribution in [0.4, 0.5) is 10.1 Å². The third-order valence-electron chi connectivity index (χ3n) is 4.56. The Morgan fingerprint density at radius 1 is 1.08 bits per heavy atom. The second-order valence-corrected chi connectivity index (χ2v) is 7.12. The van der Waals surface area contributed by atoms with Gasteiger partial charge in [0.2, 0.25) is 5.91 Å². The van der Waals surface area contributed by atoms with Gasteiger partial charge in [-0.05, 0) is 36.8 Å². The third-order valence-corrected chi connectivity index (χ3v) is 4.85. The number of rotatable bonds is 5. The van der Waals surface area contributed by atoms with Crippen molar-refractivity contribution < 1.29 is 9.18 Å². The molecule has 4 nitrogen and oxygen atoms in total. The summed E-state index contributed by atoms with van der Waals surface area (Å²) >= 11 is 5.84. The quantitative estimate of drug-likeness (QED) is 0.868. The molecule has 0 saturated carbocycles. The average Bonchev–Trinajstić information content (AvgIpc) is 2.62. The molecule has 1 saturated heterocycles. The summed E-state index contributed by atoms with van der Waals surface area (Å²) in [6.45, 7) is 6.55. The summed E-state index contributed by atoms with van der Waals surface area (Å²) in [5, 5.41) is 3.10. The van der Waals surface area contributed by atoms with Crippen LogP contribution >= 0.6 is 11.6 Å². The van der Waals surface area contributed by atoms with E-state index in [1.54, 1.807) is 12.1 Å². The molecule has 0 aromatic heterocycles. The molecule has 6 heteroatoms. The first-order valence-corrected chi connectivity index (χ1v) is 9.12. The van der Waals surface area contributed by atoms with Crippen molar-refractivity contribution in [1.29, 1.82) is 0 Å². The number of hydrogen-bond acceptors (Lipinski definition) is 3. The van der Waals surface area contributed by atoms with Crippen LogP contribution in [0.25, 0.3) is 0 Å². The Morgan fingerprint density at radius 3 is 2.38 bits per heavy atom. The van der Waals surface area contributed by atoms with Crippen molar-refractivity contribution in [1.82, 2.24) is 9.80 Å². The van der Waals surface area contributed by atoms with Gasteiger partial charge in [-0.15, -0.1) is 0 Å². The van der Waals surface area contributed by atoms with Gasteiger partial charge in [-0.3, -0.25) is 14.6 Å². The van der Waals surface area contributed by atoms with Gasteiger partial charge in [0, 0.05) is 38.4 Å². The summed E-state index contributed by atoms with van der Waals surface area (Å²) in [6, 6.07) is 12.6. The Bertz CT molecular complexity index is 758. The minimum Gasteiger partial charge on any atom is -0.325 e. The molecular formula is C20H23ClFN3O. The van der Waals surface area contributed by atoms with E-state index in [4.69, 9.17) is 11.6 Å². The normalized spacial score (nSPS) is 15.8. The molecule has 1 fully saturated rings. The molecule has 0 bridgehead atoms. The molecule has 2 aromatic carbocycles. The van der Waals surface area contributed by atoms with Gasteiger partial charge in [0.05, 0.1) is 11.6 Å². The van der Waals surface area contributed by atoms with Gasteiger partial charge in [-0.25, -0.2) is 4.39 Å². The van der Waals surface area contributed by atoms with Crippen molar-refractivity contribution in [2.75, 3.05) is 38.0 Å². The second kappa shape index (κ2) is 8.62. The van der Waals surface area contributed by atoms with Gasteiger partial charge in [-0.2, -0.15) is 0 Å². The zero-order valence-corrected chi connectivity index (χ0v) is 15.6. The highest BCUT2D eigenvalue weighted by atomic mass is 35.5. The van der Waals surface area contributed by atoms with Crippen LogP contribution in [-0.4, -0.2) is 48.4 Å². The first-order valence-electron chi connectivity index (χ1n) is 8.75. The van der Waals surface area contributed by atoms with Crippen LogP contribution in [0.15, 0.2) is 42.5 Å². The van der Waals surface area contributed by atoms with Crippen LogP contribution < -0.4 is 5.32 Å². The van der Waals surface area contributed by atoms with Crippen LogP contribution in [0.5, 0.6) is 0 Å². The van der Waals surface area contributed by atoms with Crippen LogP contribution in [0.3, 0.4) is 0 Å². The molecule has 1 aliphatic heterocycles. The standard InChI is InChI=1S/C20H23ClFN3O/c1-15-2-5-17(6-3-15)23-20(26)14-25-10-8-24(9-11-25)13-16-4-7-19(22)18(21)12-16/h2-7,12H,8-11,13-14H2,1H3,(H,23,26). The number of halogens is 2. The number of aryl methyl sites for hydroxylation is 1. The maximum atomic E-state index is 13.2. The van der Waals surface area contributed by atoms with Gasteiger partial charge in [0.1, 0.15) is 5.82 Å². The molecule has 0 radical (unpaired) electrons. The molecule has 1 aliphatic rings. The number of nitrogens with one attached hydrogen (secondary N) is 1. The van der Waals surface area contributed by atoms with E-state index in [1.807, 2.05) is 31.2 Å². The first-order chi connectivity index (χ1) is 12.5. The molecule has 0 atom stereocenters. The topological polar surface area (TPSA) is 35.6 Å². The van der Waals surface area contributed by atoms with Crippen molar-refractivity contribution in [3.8, 4) is 0 Å². The summed E-state index contributed by atoms with van der Waals surface area (Å²) in [7, 11) is 0. The van der Waals surface area contributed by atoms with Crippen LogP contribution in [0.2, 0.25) is 5.02 Å². The molecule has 26 heavy (non-hydrogen) atoms. The van der Waals surface area contributed by atoms with Gasteiger partial charge >= 0.3 is 0 Å². The average molecular weight is 376 g/mol. The molecule has 0 unspecified atom stereocenters. The molecule has 1 heterocycles. The van der Waals surface area contributed by atoms with E-state index in [1.165, 1.54) is 11.6 Å². The highest BCUT2D eigenvalue weighted by molar-refractivity contribution is 6.30. The fourth-order valence-electron chi connectivity index (χ4n) is 3.04. The zero-order valence-electron chi connectivity index (χ0n) is 14.8. The highest BCUT2D eigenvalue weighted by Crippen LogP contribution is 2.18. The van der Waals surface area contributed by atoms with Crippen LogP contribution in [0.1, 0.15) is 11.1 Å². The largest absolute Gasteiger partial charge is 0.325 e. The fraction of sp³-hybridized carbons (Fsp3) is 0.350. The molecule has 3 rings (SSSR count). The highest BCUT2D eigenvalue weighted by Gasteiger charge is 2.19. The fourth-order valence-corrected chi connectivity index (χ4v) is 3.25. The molecule has 0 aliphatic carbocycles. The summed E-state index contributed by atoms with van der Waals surface area (Å²) in [5.41, 5.74) is 3.00. The molecule has 0 spiro atoms. The second-order valence-electron chi connectivity index (χ2n) is 6.71. The Morgan fingerprint density at radius 2 is 1.73 bits per heavy atom. The van der Waals surface area contributed by atoms with Crippen LogP contribution in [-0.2, 0) is 11.3 Å². The summed E-state index contributed by atoms with van der Waals surface area (Å²) in [4.78, 5) is 16.6. The molecule has 138 valence electrons. The number of carbonyl (C=O) groups excluding carboxylic acids is 1. The van der Waals surface area contributed by atoms with E-state index in [9.17, 15) is 9.18 Å². The first kappa shape index (κ1) is 18.8. The van der Waals surface area contributed by atoms with Gasteiger partial charge in [0.15, 0.2) is 0 Å². The lowest BCUT2D eigenvalue weighted by atomic mass is 10.2. The molecule has 2 aromatic rings. The number of hydrogen-bond donors (Lipinski definition) is 1. The van der Waals surface area contributed by atoms with Crippen molar-refractivity contribution >= 4 is 23.2 Å². The van der Waals surface area contributed by atoms with Crippen molar-refractivity contribution in [2.24, 2.45) is 0 Å². The number of carbonyl (C=O) groups is 1. The smallest absolute Gasteiger partial charge is 0.238 e. The van der Waals surface area contributed by atoms with Crippen molar-refractivity contribution in [3.05, 3.63) is 64.4 Å². The number of nitrogens with zero attached hydrogens (tertiary/aromatic N) is 2. The number of amides is 1. The number of piperazine rings is 1. The molecule has 1 amide bonds. The Labute approximate surface area is 158 Å². The SMILES string of the molecule is Cc1ccc(NC(=O)CN2CCN(Cc3ccc(F)c(Cl)c3)CC2)cc1. The van der Waals surface area contributed by atoms with E-state index >= 15 is 0 Å². The zero-order chi connectivity index (χ0) is 18.5. The van der Waals surface area contributed by atoms with E-state index < -0.39 is 0 Å². The Hall–Kier alpha value is -1.95. The maximum absolute atomic E-state index is 13.2. The van der Waals surface area contributed by atoms with Gasteiger partial charge < -0.3 is 5.32 Å². The van der Waals surface area contributed by atoms with E-state index in [-0.39, 0.29) is 16.7 Å². The van der Waals surface area contributed by atoms with Gasteiger partial charge in [-0.1, -0.05) is 35.4 Å². The Kier molecular flexibility index (Phi) is 6.25. The summed E-state index contributed by atoms with van der Waals surface area (Å²) in [6.07, 6.45) is 0. The van der Waals surface area contributed by atoms with E-state index in [2.05, 4.69) is 15.1 Å². The minimum absolute atomic E-state index is 0.00706. The summed E-state index contributed by atoms with van der Waals surface area (Å²) in [5.74, 6) is -0.382. The van der Waals surface area contributed by atoms with Crippen LogP contribution in [0, 0.1) is 12.7 Å². The van der Waals surface area contributed by atoms with E-state index in [0.29, 0.717) is 6.54 Å². The monoisotopic (exact) mass is 375 g/mol. The number of benzene rings is 2. The Balaban J connectivity index is 1.43. The van der Waals surface area contributed by atoms with E-state index in [0.717, 1.165) is 44.0 Å². The lowest BCUT2D eigenvalue weighted by Crippen LogP contribution is -2.48. The molecule has 1 N–H and O–H groups in total.